The summed E-state index contributed by atoms with van der Waals surface area (Å²) in [6, 6.07) is 21.3. The van der Waals surface area contributed by atoms with E-state index in [1.54, 1.807) is 4.90 Å². The molecule has 0 aliphatic carbocycles. The van der Waals surface area contributed by atoms with Crippen LogP contribution in [0.25, 0.3) is 0 Å². The maximum atomic E-state index is 12.9. The Morgan fingerprint density at radius 1 is 1.09 bits per heavy atom. The zero-order valence-electron chi connectivity index (χ0n) is 20.0. The molecular weight excluding hydrogens is 424 g/mol. The number of benzene rings is 2. The van der Waals surface area contributed by atoms with E-state index in [4.69, 9.17) is 0 Å². The Hall–Kier alpha value is -3.03. The molecule has 7 heteroatoms. The van der Waals surface area contributed by atoms with E-state index in [0.29, 0.717) is 18.5 Å². The molecule has 5 atom stereocenters. The van der Waals surface area contributed by atoms with E-state index in [0.717, 1.165) is 56.8 Å². The summed E-state index contributed by atoms with van der Waals surface area (Å²) in [7, 11) is 2.20. The highest BCUT2D eigenvalue weighted by Gasteiger charge is 2.46. The molecule has 3 aliphatic heterocycles. The number of carbonyl (C=O) groups excluding carboxylic acids is 1. The molecule has 1 aromatic heterocycles. The van der Waals surface area contributed by atoms with Gasteiger partial charge in [-0.1, -0.05) is 65.9 Å². The van der Waals surface area contributed by atoms with Crippen molar-refractivity contribution < 1.29 is 14.6 Å². The first-order valence-electron chi connectivity index (χ1n) is 12.5. The molecule has 178 valence electrons. The van der Waals surface area contributed by atoms with Gasteiger partial charge in [-0.25, -0.2) is 4.68 Å². The van der Waals surface area contributed by atoms with Crippen LogP contribution in [-0.2, 0) is 31.0 Å². The lowest BCUT2D eigenvalue weighted by atomic mass is 9.75. The number of rotatable bonds is 9. The van der Waals surface area contributed by atoms with E-state index in [1.165, 1.54) is 10.5 Å². The van der Waals surface area contributed by atoms with Crippen molar-refractivity contribution in [1.82, 2.24) is 20.3 Å². The van der Waals surface area contributed by atoms with Crippen LogP contribution in [0, 0.1) is 11.8 Å². The monoisotopic (exact) mass is 460 g/mol. The van der Waals surface area contributed by atoms with Gasteiger partial charge in [-0.2, -0.15) is 0 Å². The summed E-state index contributed by atoms with van der Waals surface area (Å²) < 4.78 is 2.02. The second-order valence-corrected chi connectivity index (χ2v) is 10.1. The average Bonchev–Trinajstić information content (AvgIpc) is 3.30. The van der Waals surface area contributed by atoms with Gasteiger partial charge < -0.3 is 15.1 Å². The van der Waals surface area contributed by atoms with Gasteiger partial charge in [0.25, 0.3) is 0 Å². The van der Waals surface area contributed by atoms with Crippen LogP contribution in [0.3, 0.4) is 0 Å². The number of fused-ring (bicyclic) bond motifs is 3. The average molecular weight is 461 g/mol. The fraction of sp³-hybridized carbons (Fsp3) is 0.444. The van der Waals surface area contributed by atoms with Crippen LogP contribution in [0.15, 0.2) is 66.9 Å². The van der Waals surface area contributed by atoms with Crippen LogP contribution in [0.4, 0.5) is 0 Å². The van der Waals surface area contributed by atoms with Gasteiger partial charge in [0.05, 0.1) is 38.8 Å². The van der Waals surface area contributed by atoms with Gasteiger partial charge in [-0.05, 0) is 11.5 Å². The third kappa shape index (κ3) is 5.54. The van der Waals surface area contributed by atoms with E-state index < -0.39 is 0 Å². The van der Waals surface area contributed by atoms with Crippen LogP contribution in [0.1, 0.15) is 29.7 Å². The van der Waals surface area contributed by atoms with Crippen molar-refractivity contribution >= 4 is 5.91 Å². The summed E-state index contributed by atoms with van der Waals surface area (Å²) in [4.78, 5) is 15.9. The normalized spacial score (nSPS) is 24.6. The highest BCUT2D eigenvalue weighted by Crippen LogP contribution is 2.27. The molecule has 6 rings (SSSR count). The van der Waals surface area contributed by atoms with Crippen LogP contribution >= 0.6 is 0 Å². The number of quaternary nitrogens is 2. The highest BCUT2D eigenvalue weighted by atomic mass is 16.1. The molecular formula is C27H36N6O+2. The molecule has 34 heavy (non-hydrogen) atoms. The van der Waals surface area contributed by atoms with Crippen molar-refractivity contribution in [3.63, 3.8) is 0 Å². The summed E-state index contributed by atoms with van der Waals surface area (Å²) in [5, 5.41) is 12.0. The van der Waals surface area contributed by atoms with Crippen molar-refractivity contribution in [3.8, 4) is 0 Å². The molecule has 3 N–H and O–H groups in total. The smallest absolute Gasteiger partial charge is 0.229 e. The largest absolute Gasteiger partial charge is 0.352 e. The molecule has 1 amide bonds. The molecule has 0 radical (unpaired) electrons. The summed E-state index contributed by atoms with van der Waals surface area (Å²) in [6.45, 7) is 5.43. The number of hydrogen-bond acceptors (Lipinski definition) is 3. The Morgan fingerprint density at radius 2 is 1.82 bits per heavy atom. The van der Waals surface area contributed by atoms with Gasteiger partial charge >= 0.3 is 0 Å². The minimum atomic E-state index is 0.130. The molecule has 4 heterocycles. The fourth-order valence-corrected chi connectivity index (χ4v) is 5.79. The summed E-state index contributed by atoms with van der Waals surface area (Å²) in [5.41, 5.74) is 3.53. The van der Waals surface area contributed by atoms with Crippen molar-refractivity contribution in [2.24, 2.45) is 11.8 Å². The Bertz CT molecular complexity index is 1070. The van der Waals surface area contributed by atoms with Crippen LogP contribution in [-0.4, -0.2) is 47.1 Å². The Kier molecular flexibility index (Phi) is 7.02. The van der Waals surface area contributed by atoms with E-state index in [2.05, 4.69) is 71.3 Å². The molecule has 2 aromatic carbocycles. The van der Waals surface area contributed by atoms with E-state index >= 15 is 0 Å². The maximum absolute atomic E-state index is 12.9. The maximum Gasteiger partial charge on any atom is 0.229 e. The molecule has 0 saturated carbocycles. The minimum absolute atomic E-state index is 0.130. The van der Waals surface area contributed by atoms with E-state index in [-0.39, 0.29) is 11.8 Å². The lowest BCUT2D eigenvalue weighted by Crippen LogP contribution is -3.20. The van der Waals surface area contributed by atoms with Crippen LogP contribution in [0.5, 0.6) is 0 Å². The molecule has 3 fully saturated rings. The van der Waals surface area contributed by atoms with Crippen molar-refractivity contribution in [2.75, 3.05) is 20.1 Å². The van der Waals surface area contributed by atoms with Gasteiger partial charge in [-0.3, -0.25) is 4.79 Å². The first kappa shape index (κ1) is 22.7. The van der Waals surface area contributed by atoms with Crippen LogP contribution in [0.2, 0.25) is 0 Å². The van der Waals surface area contributed by atoms with Gasteiger partial charge in [0.2, 0.25) is 5.91 Å². The zero-order valence-corrected chi connectivity index (χ0v) is 20.0. The molecule has 3 aromatic rings. The number of carbonyl (C=O) groups is 1. The lowest BCUT2D eigenvalue weighted by molar-refractivity contribution is -0.945. The Labute approximate surface area is 201 Å². The second kappa shape index (κ2) is 10.5. The molecule has 7 nitrogen and oxygen atoms in total. The molecule has 3 saturated heterocycles. The van der Waals surface area contributed by atoms with Gasteiger partial charge in [-0.15, -0.1) is 5.10 Å². The molecule has 3 aliphatic rings. The number of piperidine rings is 3. The Morgan fingerprint density at radius 3 is 2.53 bits per heavy atom. The molecule has 2 bridgehead atoms. The van der Waals surface area contributed by atoms with Crippen molar-refractivity contribution in [1.29, 1.82) is 0 Å². The Balaban J connectivity index is 1.11. The van der Waals surface area contributed by atoms with E-state index in [1.807, 2.05) is 22.9 Å². The SMILES string of the molecule is C[NH+](Cc1ccccc1)Cc1cn(C[C@H]2C[C@@H]3CC[NH+]2C[C@@H]3C(=O)NCc2ccccc2)nn1. The standard InChI is InChI=1S/C27H34N6O/c1-31(16-22-10-6-3-7-11-22)17-24-18-33(30-29-24)19-25-14-23-12-13-32(25)20-26(23)27(34)28-15-21-8-4-2-5-9-21/h2-11,18,23,25-26H,12-17,19-20H2,1H3,(H,28,34)/p+2/t23-,25+,26-/m0/s1. The number of hydrogen-bond donors (Lipinski definition) is 3. The quantitative estimate of drug-likeness (QED) is 0.424. The first-order valence-corrected chi connectivity index (χ1v) is 12.5. The summed E-state index contributed by atoms with van der Waals surface area (Å²) in [5.74, 6) is 0.824. The van der Waals surface area contributed by atoms with Gasteiger partial charge in [0, 0.05) is 24.9 Å². The number of nitrogens with zero attached hydrogens (tertiary/aromatic N) is 3. The third-order valence-electron chi connectivity index (χ3n) is 7.52. The lowest BCUT2D eigenvalue weighted by Gasteiger charge is -2.46. The zero-order chi connectivity index (χ0) is 23.3. The third-order valence-corrected chi connectivity index (χ3v) is 7.52. The van der Waals surface area contributed by atoms with E-state index in [9.17, 15) is 4.79 Å². The predicted molar refractivity (Wildman–Crippen MR) is 130 cm³/mol. The first-order chi connectivity index (χ1) is 16.6. The molecule has 0 spiro atoms. The van der Waals surface area contributed by atoms with Gasteiger partial charge in [0.1, 0.15) is 24.8 Å². The summed E-state index contributed by atoms with van der Waals surface area (Å²) >= 11 is 0. The number of aromatic nitrogens is 3. The van der Waals surface area contributed by atoms with Crippen molar-refractivity contribution in [2.45, 2.75) is 45.1 Å². The number of amides is 1. The topological polar surface area (TPSA) is 68.7 Å². The van der Waals surface area contributed by atoms with Crippen molar-refractivity contribution in [3.05, 3.63) is 83.7 Å². The second-order valence-electron chi connectivity index (χ2n) is 10.1. The molecule has 2 unspecified atom stereocenters. The number of nitrogens with one attached hydrogen (secondary N) is 3. The van der Waals surface area contributed by atoms with Gasteiger partial charge in [0.15, 0.2) is 0 Å². The highest BCUT2D eigenvalue weighted by molar-refractivity contribution is 5.79. The fourth-order valence-electron chi connectivity index (χ4n) is 5.79. The van der Waals surface area contributed by atoms with Crippen LogP contribution < -0.4 is 15.1 Å². The minimum Gasteiger partial charge on any atom is -0.352 e. The summed E-state index contributed by atoms with van der Waals surface area (Å²) in [6.07, 6.45) is 4.35. The predicted octanol–water partition coefficient (Wildman–Crippen LogP) is 0.103.